The van der Waals surface area contributed by atoms with Crippen molar-refractivity contribution in [3.63, 3.8) is 0 Å². The number of anilines is 1. The maximum Gasteiger partial charge on any atom is 0.262 e. The van der Waals surface area contributed by atoms with Crippen molar-refractivity contribution in [2.24, 2.45) is 0 Å². The SMILES string of the molecule is CCn1ncc(NC(=O)c2cc3c(nc2OC)nc(C(O)(c2ccccc2)c2ccccc2)n3CC)n1. The minimum atomic E-state index is -1.56. The molecule has 0 bridgehead atoms. The lowest BCUT2D eigenvalue weighted by molar-refractivity contribution is 0.102. The molecule has 10 nitrogen and oxygen atoms in total. The number of methoxy groups -OCH3 is 1. The molecule has 37 heavy (non-hydrogen) atoms. The number of amides is 1. The quantitative estimate of drug-likeness (QED) is 0.336. The van der Waals surface area contributed by atoms with Gasteiger partial charge >= 0.3 is 0 Å². The van der Waals surface area contributed by atoms with Crippen molar-refractivity contribution in [1.29, 1.82) is 0 Å². The second-order valence-corrected chi connectivity index (χ2v) is 8.38. The van der Waals surface area contributed by atoms with E-state index in [-0.39, 0.29) is 11.4 Å². The molecule has 0 fully saturated rings. The highest BCUT2D eigenvalue weighted by molar-refractivity contribution is 6.06. The van der Waals surface area contributed by atoms with E-state index in [1.54, 1.807) is 6.07 Å². The van der Waals surface area contributed by atoms with Crippen LogP contribution in [0.15, 0.2) is 72.9 Å². The second-order valence-electron chi connectivity index (χ2n) is 8.38. The summed E-state index contributed by atoms with van der Waals surface area (Å²) < 4.78 is 7.32. The van der Waals surface area contributed by atoms with Gasteiger partial charge in [-0.1, -0.05) is 60.7 Å². The first-order valence-corrected chi connectivity index (χ1v) is 12.0. The number of hydrogen-bond donors (Lipinski definition) is 2. The Hall–Kier alpha value is -4.57. The first-order chi connectivity index (χ1) is 18.0. The van der Waals surface area contributed by atoms with Crippen molar-refractivity contribution >= 4 is 22.9 Å². The van der Waals surface area contributed by atoms with Gasteiger partial charge in [0.05, 0.1) is 25.4 Å². The molecule has 5 rings (SSSR count). The predicted octanol–water partition coefficient (Wildman–Crippen LogP) is 3.61. The molecule has 10 heteroatoms. The summed E-state index contributed by atoms with van der Waals surface area (Å²) in [4.78, 5) is 24.0. The number of ether oxygens (including phenoxy) is 1. The van der Waals surface area contributed by atoms with Crippen molar-refractivity contribution in [2.45, 2.75) is 32.5 Å². The van der Waals surface area contributed by atoms with Gasteiger partial charge in [0, 0.05) is 6.54 Å². The van der Waals surface area contributed by atoms with E-state index < -0.39 is 11.5 Å². The Morgan fingerprint density at radius 3 is 2.19 bits per heavy atom. The number of aromatic nitrogens is 6. The summed E-state index contributed by atoms with van der Waals surface area (Å²) in [5.41, 5.74) is 0.918. The third-order valence-corrected chi connectivity index (χ3v) is 6.23. The number of benzene rings is 2. The molecule has 5 aromatic rings. The van der Waals surface area contributed by atoms with Gasteiger partial charge in [0.15, 0.2) is 22.9 Å². The number of nitrogens with zero attached hydrogens (tertiary/aromatic N) is 6. The number of rotatable bonds is 8. The molecule has 1 amide bonds. The fourth-order valence-electron chi connectivity index (χ4n) is 4.42. The molecular weight excluding hydrogens is 470 g/mol. The molecule has 0 radical (unpaired) electrons. The maximum absolute atomic E-state index is 13.2. The topological polar surface area (TPSA) is 120 Å². The minimum Gasteiger partial charge on any atom is -0.480 e. The summed E-state index contributed by atoms with van der Waals surface area (Å²) in [7, 11) is 1.44. The number of aryl methyl sites for hydroxylation is 2. The van der Waals surface area contributed by atoms with E-state index in [0.29, 0.717) is 47.0 Å². The lowest BCUT2D eigenvalue weighted by Gasteiger charge is -2.29. The summed E-state index contributed by atoms with van der Waals surface area (Å²) in [6.45, 7) is 4.92. The molecule has 0 spiro atoms. The molecule has 3 aromatic heterocycles. The van der Waals surface area contributed by atoms with Crippen molar-refractivity contribution < 1.29 is 14.6 Å². The third kappa shape index (κ3) is 4.21. The fourth-order valence-corrected chi connectivity index (χ4v) is 4.42. The Bertz CT molecular complexity index is 1510. The van der Waals surface area contributed by atoms with Gasteiger partial charge in [-0.05, 0) is 31.0 Å². The standard InChI is InChI=1S/C27H27N7O3/c1-4-33-21-16-20(24(35)29-22-17-28-34(5-2)32-22)25(37-3)30-23(21)31-26(33)27(36,18-12-8-6-9-13-18)19-14-10-7-11-15-19/h6-17,36H,4-5H2,1-3H3,(H,29,32,35). The van der Waals surface area contributed by atoms with Crippen LogP contribution in [0.1, 0.15) is 41.2 Å². The summed E-state index contributed by atoms with van der Waals surface area (Å²) in [6.07, 6.45) is 1.48. The van der Waals surface area contributed by atoms with Gasteiger partial charge < -0.3 is 19.7 Å². The first-order valence-electron chi connectivity index (χ1n) is 12.0. The number of imidazole rings is 1. The Morgan fingerprint density at radius 2 is 1.65 bits per heavy atom. The fraction of sp³-hybridized carbons (Fsp3) is 0.222. The third-order valence-electron chi connectivity index (χ3n) is 6.23. The van der Waals surface area contributed by atoms with Crippen molar-refractivity contribution in [3.8, 4) is 5.88 Å². The van der Waals surface area contributed by atoms with Gasteiger partial charge in [0.2, 0.25) is 5.88 Å². The minimum absolute atomic E-state index is 0.114. The van der Waals surface area contributed by atoms with Crippen LogP contribution in [0.3, 0.4) is 0 Å². The van der Waals surface area contributed by atoms with Crippen molar-refractivity contribution in [2.75, 3.05) is 12.4 Å². The summed E-state index contributed by atoms with van der Waals surface area (Å²) in [5, 5.41) is 23.4. The lowest BCUT2D eigenvalue weighted by atomic mass is 9.85. The van der Waals surface area contributed by atoms with Crippen molar-refractivity contribution in [3.05, 3.63) is 95.4 Å². The monoisotopic (exact) mass is 497 g/mol. The molecular formula is C27H27N7O3. The molecule has 0 aliphatic rings. The van der Waals surface area contributed by atoms with Gasteiger partial charge in [-0.2, -0.15) is 14.9 Å². The van der Waals surface area contributed by atoms with Crippen LogP contribution in [0.4, 0.5) is 5.82 Å². The molecule has 0 aliphatic heterocycles. The highest BCUT2D eigenvalue weighted by atomic mass is 16.5. The van der Waals surface area contributed by atoms with E-state index in [4.69, 9.17) is 9.72 Å². The smallest absolute Gasteiger partial charge is 0.262 e. The highest BCUT2D eigenvalue weighted by Crippen LogP contribution is 2.38. The van der Waals surface area contributed by atoms with Crippen LogP contribution in [0.5, 0.6) is 5.88 Å². The molecule has 2 aromatic carbocycles. The normalized spacial score (nSPS) is 11.6. The number of carbonyl (C=O) groups is 1. The summed E-state index contributed by atoms with van der Waals surface area (Å²) >= 11 is 0. The molecule has 0 atom stereocenters. The zero-order valence-corrected chi connectivity index (χ0v) is 20.8. The van der Waals surface area contributed by atoms with E-state index in [0.717, 1.165) is 0 Å². The average molecular weight is 498 g/mol. The van der Waals surface area contributed by atoms with E-state index in [1.165, 1.54) is 18.1 Å². The maximum atomic E-state index is 13.2. The molecule has 0 aliphatic carbocycles. The van der Waals surface area contributed by atoms with Crippen LogP contribution in [0.2, 0.25) is 0 Å². The zero-order chi connectivity index (χ0) is 26.0. The number of aliphatic hydroxyl groups is 1. The first kappa shape index (κ1) is 24.1. The molecule has 2 N–H and O–H groups in total. The molecule has 3 heterocycles. The van der Waals surface area contributed by atoms with E-state index in [9.17, 15) is 9.90 Å². The Morgan fingerprint density at radius 1 is 1.00 bits per heavy atom. The van der Waals surface area contributed by atoms with Gasteiger partial charge in [-0.15, -0.1) is 5.10 Å². The Balaban J connectivity index is 1.68. The predicted molar refractivity (Wildman–Crippen MR) is 138 cm³/mol. The highest BCUT2D eigenvalue weighted by Gasteiger charge is 2.39. The Kier molecular flexibility index (Phi) is 6.41. The van der Waals surface area contributed by atoms with Gasteiger partial charge in [-0.3, -0.25) is 4.79 Å². The van der Waals surface area contributed by atoms with Crippen LogP contribution in [-0.4, -0.2) is 47.7 Å². The lowest BCUT2D eigenvalue weighted by Crippen LogP contribution is -2.32. The summed E-state index contributed by atoms with van der Waals surface area (Å²) in [6, 6.07) is 20.4. The number of nitrogens with one attached hydrogen (secondary N) is 1. The van der Waals surface area contributed by atoms with Gasteiger partial charge in [0.1, 0.15) is 5.56 Å². The van der Waals surface area contributed by atoms with E-state index >= 15 is 0 Å². The largest absolute Gasteiger partial charge is 0.480 e. The van der Waals surface area contributed by atoms with Crippen LogP contribution in [0.25, 0.3) is 11.2 Å². The van der Waals surface area contributed by atoms with E-state index in [1.807, 2.05) is 79.1 Å². The Labute approximate surface area is 213 Å². The summed E-state index contributed by atoms with van der Waals surface area (Å²) in [5.74, 6) is 0.381. The van der Waals surface area contributed by atoms with Crippen LogP contribution in [0, 0.1) is 0 Å². The van der Waals surface area contributed by atoms with Crippen LogP contribution >= 0.6 is 0 Å². The van der Waals surface area contributed by atoms with Gasteiger partial charge in [-0.25, -0.2) is 4.98 Å². The molecule has 0 unspecified atom stereocenters. The van der Waals surface area contributed by atoms with Crippen LogP contribution in [-0.2, 0) is 18.7 Å². The zero-order valence-electron chi connectivity index (χ0n) is 20.8. The molecule has 0 saturated carbocycles. The average Bonchev–Trinajstić information content (AvgIpc) is 3.56. The molecule has 188 valence electrons. The van der Waals surface area contributed by atoms with Gasteiger partial charge in [0.25, 0.3) is 5.91 Å². The number of carbonyl (C=O) groups excluding carboxylic acids is 1. The number of fused-ring (bicyclic) bond motifs is 1. The second kappa shape index (κ2) is 9.82. The number of hydrogen-bond acceptors (Lipinski definition) is 7. The van der Waals surface area contributed by atoms with E-state index in [2.05, 4.69) is 20.5 Å². The molecule has 0 saturated heterocycles. The number of pyridine rings is 1. The van der Waals surface area contributed by atoms with Crippen LogP contribution < -0.4 is 10.1 Å². The van der Waals surface area contributed by atoms with Crippen molar-refractivity contribution in [1.82, 2.24) is 29.5 Å².